The van der Waals surface area contributed by atoms with Gasteiger partial charge in [0, 0.05) is 87.7 Å². The number of hydrogen-bond donors (Lipinski definition) is 5. The average Bonchev–Trinajstić information content (AvgIpc) is 3.96. The molecule has 5 heterocycles. The number of nitrogens with zero attached hydrogens (tertiary/aromatic N) is 8. The van der Waals surface area contributed by atoms with Gasteiger partial charge in [0.25, 0.3) is 0 Å². The highest BCUT2D eigenvalue weighted by molar-refractivity contribution is 6.45. The Morgan fingerprint density at radius 2 is 1.45 bits per heavy atom. The molecule has 4 aliphatic rings. The van der Waals surface area contributed by atoms with Crippen LogP contribution in [0.1, 0.15) is 72.6 Å². The van der Waals surface area contributed by atoms with Crippen molar-refractivity contribution in [3.63, 3.8) is 0 Å². The molecule has 20 heteroatoms. The van der Waals surface area contributed by atoms with Crippen LogP contribution in [0.5, 0.6) is 0 Å². The molecule has 3 aliphatic heterocycles. The van der Waals surface area contributed by atoms with Crippen LogP contribution in [0.2, 0.25) is 13.6 Å². The number of carbonyl (C=O) groups excluding carboxylic acids is 4. The van der Waals surface area contributed by atoms with Gasteiger partial charge in [0.1, 0.15) is 12.1 Å². The van der Waals surface area contributed by atoms with E-state index in [0.717, 1.165) is 38.5 Å². The number of hydrogen-bond acceptors (Lipinski definition) is 12. The molecule has 18 nitrogen and oxygen atoms in total. The van der Waals surface area contributed by atoms with E-state index in [0.29, 0.717) is 52.4 Å². The van der Waals surface area contributed by atoms with Crippen molar-refractivity contribution in [2.45, 2.75) is 115 Å². The maximum absolute atomic E-state index is 13.1. The molecule has 310 valence electrons. The third-order valence-corrected chi connectivity index (χ3v) is 11.3. The Labute approximate surface area is 331 Å². The Morgan fingerprint density at radius 3 is 2.00 bits per heavy atom. The number of ether oxygens (including phenoxy) is 1. The number of esters is 1. The summed E-state index contributed by atoms with van der Waals surface area (Å²) in [5.74, 6) is -0.689. The van der Waals surface area contributed by atoms with E-state index in [1.807, 2.05) is 28.1 Å². The van der Waals surface area contributed by atoms with Gasteiger partial charge in [0.2, 0.25) is 5.91 Å². The Bertz CT molecular complexity index is 1540. The highest BCUT2D eigenvalue weighted by Crippen LogP contribution is 2.22. The minimum atomic E-state index is -0.654. The van der Waals surface area contributed by atoms with Crippen LogP contribution in [0.15, 0.2) is 37.4 Å². The first-order valence-electron chi connectivity index (χ1n) is 19.9. The van der Waals surface area contributed by atoms with E-state index in [2.05, 4.69) is 57.6 Å². The van der Waals surface area contributed by atoms with E-state index in [4.69, 9.17) is 5.73 Å². The molecule has 0 aromatic carbocycles. The number of cyclic esters (lactones) is 2. The third kappa shape index (κ3) is 12.3. The van der Waals surface area contributed by atoms with Crippen molar-refractivity contribution in [1.82, 2.24) is 49.2 Å². The van der Waals surface area contributed by atoms with Crippen LogP contribution in [0.25, 0.3) is 0 Å². The molecule has 2 atom stereocenters. The molecular formula is C36H63B2N11O7. The molecular weight excluding hydrogens is 720 g/mol. The Hall–Kier alpha value is -3.97. The van der Waals surface area contributed by atoms with Crippen molar-refractivity contribution < 1.29 is 34.0 Å². The standard InChI is InChI=1S/C21H37BN6O3.C8H15N3.C7H11BN2O4/c1-21(2,26-12-11-23-16-26)9-10-24-19(29)18-15-27(22(3)31)13-14-28(18)20(30)25-17-7-5-4-6-8-17;1-8(2,3-4-9)11-6-5-10-7-11;1-8(13)9-2-3-10-5(4-9)6(11)14-7(10)12/h11-12,16-18,31H,4-10,13-15H2,1-3H3,(H,24,29)(H,25,30);5-7H,3-4,9H2,1-2H3;5,13H,2-4H2,1H3/t18-;;/m1../s1. The average molecular weight is 784 g/mol. The van der Waals surface area contributed by atoms with Crippen LogP contribution >= 0.6 is 0 Å². The van der Waals surface area contributed by atoms with E-state index >= 15 is 0 Å². The summed E-state index contributed by atoms with van der Waals surface area (Å²) in [6, 6.07) is -1.14. The highest BCUT2D eigenvalue weighted by atomic mass is 16.6. The van der Waals surface area contributed by atoms with Crippen molar-refractivity contribution in [2.75, 3.05) is 52.4 Å². The second-order valence-corrected chi connectivity index (χ2v) is 16.3. The van der Waals surface area contributed by atoms with Gasteiger partial charge in [-0.1, -0.05) is 19.3 Å². The number of amides is 4. The van der Waals surface area contributed by atoms with Gasteiger partial charge < -0.3 is 54.8 Å². The minimum absolute atomic E-state index is 0.102. The van der Waals surface area contributed by atoms with Gasteiger partial charge in [-0.15, -0.1) is 0 Å². The Kier molecular flexibility index (Phi) is 16.3. The zero-order chi connectivity index (χ0) is 41.0. The maximum Gasteiger partial charge on any atom is 0.418 e. The molecule has 1 aliphatic carbocycles. The van der Waals surface area contributed by atoms with Gasteiger partial charge in [0.05, 0.1) is 12.7 Å². The van der Waals surface area contributed by atoms with Crippen molar-refractivity contribution >= 4 is 38.1 Å². The summed E-state index contributed by atoms with van der Waals surface area (Å²) in [5, 5.41) is 25.5. The lowest BCUT2D eigenvalue weighted by molar-refractivity contribution is -0.136. The first-order valence-corrected chi connectivity index (χ1v) is 19.9. The summed E-state index contributed by atoms with van der Waals surface area (Å²) in [4.78, 5) is 63.1. The predicted molar refractivity (Wildman–Crippen MR) is 213 cm³/mol. The van der Waals surface area contributed by atoms with E-state index in [1.165, 1.54) is 11.3 Å². The van der Waals surface area contributed by atoms with Gasteiger partial charge in [-0.05, 0) is 73.6 Å². The first-order chi connectivity index (χ1) is 26.5. The van der Waals surface area contributed by atoms with E-state index in [-0.39, 0.29) is 29.1 Å². The van der Waals surface area contributed by atoms with Crippen LogP contribution in [0, 0.1) is 0 Å². The summed E-state index contributed by atoms with van der Waals surface area (Å²) in [7, 11) is -1.25. The van der Waals surface area contributed by atoms with E-state index in [9.17, 15) is 29.2 Å². The summed E-state index contributed by atoms with van der Waals surface area (Å²) in [6.07, 6.45) is 17.7. The predicted octanol–water partition coefficient (Wildman–Crippen LogP) is 0.990. The number of rotatable bonds is 11. The molecule has 6 N–H and O–H groups in total. The minimum Gasteiger partial charge on any atom is -0.437 e. The van der Waals surface area contributed by atoms with Gasteiger partial charge in [-0.25, -0.2) is 24.4 Å². The fourth-order valence-corrected chi connectivity index (χ4v) is 7.35. The van der Waals surface area contributed by atoms with E-state index in [1.54, 1.807) is 42.1 Å². The zero-order valence-corrected chi connectivity index (χ0v) is 34.0. The fourth-order valence-electron chi connectivity index (χ4n) is 7.35. The number of imidazole rings is 2. The fraction of sp³-hybridized carbons (Fsp3) is 0.722. The van der Waals surface area contributed by atoms with Gasteiger partial charge in [-0.2, -0.15) is 0 Å². The number of aromatic nitrogens is 4. The van der Waals surface area contributed by atoms with Crippen LogP contribution in [0.3, 0.4) is 0 Å². The molecule has 1 saturated carbocycles. The number of piperazine rings is 2. The van der Waals surface area contributed by atoms with Gasteiger partial charge in [0.15, 0.2) is 0 Å². The SMILES string of the molecule is CB(O)N1CCN(C(=O)NC2CCCCC2)[C@@H](C(=O)NCCC(C)(C)n2ccnc2)C1.CB(O)N1CCN2C(=O)OC(=O)C2C1.CC(C)(CCN)n1ccnc1. The molecule has 6 rings (SSSR count). The van der Waals surface area contributed by atoms with Crippen LogP contribution in [-0.4, -0.2) is 157 Å². The molecule has 0 radical (unpaired) electrons. The lowest BCUT2D eigenvalue weighted by atomic mass is 9.83. The lowest BCUT2D eigenvalue weighted by Gasteiger charge is -2.41. The molecule has 3 saturated heterocycles. The monoisotopic (exact) mass is 784 g/mol. The van der Waals surface area contributed by atoms with Crippen molar-refractivity contribution in [2.24, 2.45) is 5.73 Å². The van der Waals surface area contributed by atoms with E-state index < -0.39 is 38.2 Å². The number of fused-ring (bicyclic) bond motifs is 1. The molecule has 56 heavy (non-hydrogen) atoms. The topological polar surface area (TPSA) is 217 Å². The molecule has 2 aromatic heterocycles. The third-order valence-electron chi connectivity index (χ3n) is 11.3. The van der Waals surface area contributed by atoms with Crippen LogP contribution < -0.4 is 16.4 Å². The number of carbonyl (C=O) groups is 4. The molecule has 2 aromatic rings. The van der Waals surface area contributed by atoms with Crippen LogP contribution in [0.4, 0.5) is 9.59 Å². The zero-order valence-electron chi connectivity index (χ0n) is 34.0. The Morgan fingerprint density at radius 1 is 0.875 bits per heavy atom. The molecule has 4 amide bonds. The first kappa shape index (κ1) is 44.7. The summed E-state index contributed by atoms with van der Waals surface area (Å²) in [5.41, 5.74) is 5.41. The van der Waals surface area contributed by atoms with Crippen molar-refractivity contribution in [3.05, 3.63) is 37.4 Å². The number of urea groups is 1. The lowest BCUT2D eigenvalue weighted by Crippen LogP contribution is -2.65. The number of nitrogens with one attached hydrogen (secondary N) is 2. The van der Waals surface area contributed by atoms with Crippen LogP contribution in [-0.2, 0) is 25.4 Å². The van der Waals surface area contributed by atoms with Gasteiger partial charge >= 0.3 is 32.2 Å². The highest BCUT2D eigenvalue weighted by Gasteiger charge is 2.45. The van der Waals surface area contributed by atoms with Crippen molar-refractivity contribution in [1.29, 1.82) is 0 Å². The second-order valence-electron chi connectivity index (χ2n) is 16.3. The second kappa shape index (κ2) is 20.5. The normalized spacial score (nSPS) is 20.9. The summed E-state index contributed by atoms with van der Waals surface area (Å²) < 4.78 is 8.59. The largest absolute Gasteiger partial charge is 0.437 e. The number of nitrogens with two attached hydrogens (primary N) is 1. The molecule has 0 bridgehead atoms. The Balaban J connectivity index is 0.000000227. The van der Waals surface area contributed by atoms with Crippen molar-refractivity contribution in [3.8, 4) is 0 Å². The quantitative estimate of drug-likeness (QED) is 0.123. The summed E-state index contributed by atoms with van der Waals surface area (Å²) in [6.45, 7) is 15.7. The molecule has 4 fully saturated rings. The van der Waals surface area contributed by atoms with Gasteiger partial charge in [-0.3, -0.25) is 9.69 Å². The molecule has 0 spiro atoms. The summed E-state index contributed by atoms with van der Waals surface area (Å²) >= 11 is 0. The molecule has 1 unspecified atom stereocenters. The smallest absolute Gasteiger partial charge is 0.418 e. The maximum atomic E-state index is 13.1.